The summed E-state index contributed by atoms with van der Waals surface area (Å²) in [5, 5.41) is 14.8. The van der Waals surface area contributed by atoms with E-state index in [1.54, 1.807) is 20.8 Å². The van der Waals surface area contributed by atoms with Crippen molar-refractivity contribution < 1.29 is 18.8 Å². The number of halogens is 1. The van der Waals surface area contributed by atoms with Crippen molar-refractivity contribution in [1.29, 1.82) is 0 Å². The Morgan fingerprint density at radius 3 is 2.65 bits per heavy atom. The number of hydrogen-bond donors (Lipinski definition) is 0. The zero-order chi connectivity index (χ0) is 17.4. The van der Waals surface area contributed by atoms with E-state index in [0.717, 1.165) is 6.20 Å². The molecule has 1 fully saturated rings. The molecule has 0 bridgehead atoms. The van der Waals surface area contributed by atoms with Gasteiger partial charge in [-0.15, -0.1) is 0 Å². The van der Waals surface area contributed by atoms with Crippen LogP contribution in [0.4, 0.5) is 14.9 Å². The zero-order valence-electron chi connectivity index (χ0n) is 13.7. The van der Waals surface area contributed by atoms with Crippen molar-refractivity contribution in [2.75, 3.05) is 13.1 Å². The molecule has 0 N–H and O–H groups in total. The van der Waals surface area contributed by atoms with Gasteiger partial charge in [-0.1, -0.05) is 0 Å². The average Bonchev–Trinajstić information content (AvgIpc) is 2.78. The standard InChI is InChI=1S/C14H21FN4O4/c1-9-12(19(21)22)7-16-18(9)11-5-6-17(8-10(11)15)13(20)23-14(2,3)4/h7,10-11H,5-6,8H2,1-4H3/t10-,11-/m0/s1. The number of piperidine rings is 1. The number of nitro groups is 1. The molecular formula is C14H21FN4O4. The molecule has 1 aliphatic heterocycles. The van der Waals surface area contributed by atoms with Gasteiger partial charge >= 0.3 is 11.8 Å². The second-order valence-corrected chi connectivity index (χ2v) is 6.62. The van der Waals surface area contributed by atoms with E-state index in [1.165, 1.54) is 16.5 Å². The molecule has 1 aromatic heterocycles. The Morgan fingerprint density at radius 2 is 2.17 bits per heavy atom. The molecule has 128 valence electrons. The van der Waals surface area contributed by atoms with Gasteiger partial charge in [0.25, 0.3) is 0 Å². The largest absolute Gasteiger partial charge is 0.444 e. The first kappa shape index (κ1) is 17.2. The third-order valence-electron chi connectivity index (χ3n) is 3.69. The van der Waals surface area contributed by atoms with E-state index in [2.05, 4.69) is 5.10 Å². The summed E-state index contributed by atoms with van der Waals surface area (Å²) in [5.74, 6) is 0. The fraction of sp³-hybridized carbons (Fsp3) is 0.714. The van der Waals surface area contributed by atoms with Gasteiger partial charge in [0.05, 0.1) is 17.5 Å². The van der Waals surface area contributed by atoms with Gasteiger partial charge in [-0.25, -0.2) is 9.18 Å². The summed E-state index contributed by atoms with van der Waals surface area (Å²) in [6.45, 7) is 6.97. The van der Waals surface area contributed by atoms with E-state index in [0.29, 0.717) is 18.7 Å². The molecule has 2 atom stereocenters. The van der Waals surface area contributed by atoms with Crippen LogP contribution >= 0.6 is 0 Å². The molecule has 0 aliphatic carbocycles. The number of aromatic nitrogens is 2. The molecular weight excluding hydrogens is 307 g/mol. The average molecular weight is 328 g/mol. The first-order valence-corrected chi connectivity index (χ1v) is 7.40. The molecule has 23 heavy (non-hydrogen) atoms. The molecule has 0 aromatic carbocycles. The van der Waals surface area contributed by atoms with Crippen molar-refractivity contribution in [3.8, 4) is 0 Å². The van der Waals surface area contributed by atoms with Crippen molar-refractivity contribution in [3.05, 3.63) is 22.0 Å². The summed E-state index contributed by atoms with van der Waals surface area (Å²) in [5.41, 5.74) is -0.459. The first-order chi connectivity index (χ1) is 10.6. The molecule has 1 amide bonds. The van der Waals surface area contributed by atoms with Crippen LogP contribution in [0, 0.1) is 17.0 Å². The van der Waals surface area contributed by atoms with Crippen LogP contribution in [0.25, 0.3) is 0 Å². The van der Waals surface area contributed by atoms with E-state index >= 15 is 0 Å². The van der Waals surface area contributed by atoms with Crippen molar-refractivity contribution in [2.24, 2.45) is 0 Å². The normalized spacial score (nSPS) is 22.0. The predicted molar refractivity (Wildman–Crippen MR) is 80.0 cm³/mol. The Bertz CT molecular complexity index is 610. The minimum atomic E-state index is -1.37. The predicted octanol–water partition coefficient (Wildman–Crippen LogP) is 2.62. The quantitative estimate of drug-likeness (QED) is 0.615. The van der Waals surface area contributed by atoms with Crippen LogP contribution in [0.1, 0.15) is 38.9 Å². The molecule has 0 unspecified atom stereocenters. The molecule has 2 rings (SSSR count). The van der Waals surface area contributed by atoms with Gasteiger partial charge in [0, 0.05) is 6.54 Å². The molecule has 1 aromatic rings. The highest BCUT2D eigenvalue weighted by Crippen LogP contribution is 2.29. The molecule has 0 spiro atoms. The van der Waals surface area contributed by atoms with Crippen LogP contribution in [0.3, 0.4) is 0 Å². The lowest BCUT2D eigenvalue weighted by atomic mass is 10.0. The van der Waals surface area contributed by atoms with Gasteiger partial charge in [0.2, 0.25) is 0 Å². The van der Waals surface area contributed by atoms with Crippen LogP contribution in [0.2, 0.25) is 0 Å². The van der Waals surface area contributed by atoms with E-state index in [4.69, 9.17) is 4.74 Å². The minimum Gasteiger partial charge on any atom is -0.444 e. The SMILES string of the molecule is Cc1c([N+](=O)[O-])cnn1[C@H]1CCN(C(=O)OC(C)(C)C)C[C@@H]1F. The van der Waals surface area contributed by atoms with Gasteiger partial charge in [0.1, 0.15) is 23.7 Å². The summed E-state index contributed by atoms with van der Waals surface area (Å²) in [7, 11) is 0. The molecule has 0 radical (unpaired) electrons. The number of carbonyl (C=O) groups is 1. The number of likely N-dealkylation sites (tertiary alicyclic amines) is 1. The third-order valence-corrected chi connectivity index (χ3v) is 3.69. The summed E-state index contributed by atoms with van der Waals surface area (Å²) in [6.07, 6.45) is -0.473. The number of alkyl halides is 1. The van der Waals surface area contributed by atoms with Crippen LogP contribution in [-0.4, -0.2) is 50.6 Å². The zero-order valence-corrected chi connectivity index (χ0v) is 13.7. The van der Waals surface area contributed by atoms with Crippen molar-refractivity contribution >= 4 is 11.8 Å². The lowest BCUT2D eigenvalue weighted by Gasteiger charge is -2.35. The number of ether oxygens (including phenoxy) is 1. The van der Waals surface area contributed by atoms with Crippen molar-refractivity contribution in [2.45, 2.75) is 51.9 Å². The summed E-state index contributed by atoms with van der Waals surface area (Å²) < 4.78 is 21.1. The highest BCUT2D eigenvalue weighted by molar-refractivity contribution is 5.68. The lowest BCUT2D eigenvalue weighted by molar-refractivity contribution is -0.385. The monoisotopic (exact) mass is 328 g/mol. The van der Waals surface area contributed by atoms with E-state index in [9.17, 15) is 19.3 Å². The van der Waals surface area contributed by atoms with Crippen molar-refractivity contribution in [3.63, 3.8) is 0 Å². The Morgan fingerprint density at radius 1 is 1.52 bits per heavy atom. The van der Waals surface area contributed by atoms with Gasteiger partial charge in [-0.3, -0.25) is 14.8 Å². The smallest absolute Gasteiger partial charge is 0.410 e. The van der Waals surface area contributed by atoms with Crippen LogP contribution < -0.4 is 0 Å². The van der Waals surface area contributed by atoms with Gasteiger partial charge < -0.3 is 9.64 Å². The number of rotatable bonds is 2. The topological polar surface area (TPSA) is 90.5 Å². The summed E-state index contributed by atoms with van der Waals surface area (Å²) in [4.78, 5) is 23.6. The van der Waals surface area contributed by atoms with E-state index < -0.39 is 28.8 Å². The number of amides is 1. The maximum Gasteiger partial charge on any atom is 0.410 e. The summed E-state index contributed by atoms with van der Waals surface area (Å²) >= 11 is 0. The molecule has 2 heterocycles. The van der Waals surface area contributed by atoms with Crippen molar-refractivity contribution in [1.82, 2.24) is 14.7 Å². The fourth-order valence-corrected chi connectivity index (χ4v) is 2.59. The molecule has 8 nitrogen and oxygen atoms in total. The second kappa shape index (κ2) is 6.13. The molecule has 0 saturated carbocycles. The van der Waals surface area contributed by atoms with E-state index in [1.807, 2.05) is 0 Å². The number of carbonyl (C=O) groups excluding carboxylic acids is 1. The summed E-state index contributed by atoms with van der Waals surface area (Å²) in [6, 6.07) is -0.623. The Balaban J connectivity index is 2.07. The number of hydrogen-bond acceptors (Lipinski definition) is 5. The highest BCUT2D eigenvalue weighted by Gasteiger charge is 2.36. The van der Waals surface area contributed by atoms with Gasteiger partial charge in [0.15, 0.2) is 0 Å². The Labute approximate surface area is 133 Å². The van der Waals surface area contributed by atoms with Crippen LogP contribution in [0.15, 0.2) is 6.20 Å². The molecule has 1 aliphatic rings. The number of nitrogens with zero attached hydrogens (tertiary/aromatic N) is 4. The maximum absolute atomic E-state index is 14.5. The Kier molecular flexibility index (Phi) is 4.58. The fourth-order valence-electron chi connectivity index (χ4n) is 2.59. The minimum absolute atomic E-state index is 0.118. The van der Waals surface area contributed by atoms with E-state index in [-0.39, 0.29) is 12.2 Å². The van der Waals surface area contributed by atoms with Gasteiger partial charge in [-0.2, -0.15) is 5.10 Å². The first-order valence-electron chi connectivity index (χ1n) is 7.40. The Hall–Kier alpha value is -2.19. The maximum atomic E-state index is 14.5. The lowest BCUT2D eigenvalue weighted by Crippen LogP contribution is -2.47. The highest BCUT2D eigenvalue weighted by atomic mass is 19.1. The third kappa shape index (κ3) is 3.77. The second-order valence-electron chi connectivity index (χ2n) is 6.62. The van der Waals surface area contributed by atoms with Crippen LogP contribution in [0.5, 0.6) is 0 Å². The molecule has 9 heteroatoms. The molecule has 1 saturated heterocycles. The van der Waals surface area contributed by atoms with Gasteiger partial charge in [-0.05, 0) is 34.1 Å². The van der Waals surface area contributed by atoms with Crippen LogP contribution in [-0.2, 0) is 4.74 Å².